The first-order chi connectivity index (χ1) is 14.5. The lowest BCUT2D eigenvalue weighted by Crippen LogP contribution is -2.42. The van der Waals surface area contributed by atoms with E-state index in [1.807, 2.05) is 44.2 Å². The monoisotopic (exact) mass is 422 g/mol. The Balaban J connectivity index is 1.53. The molecular weight excluding hydrogens is 400 g/mol. The number of hydrogen-bond acceptors (Lipinski definition) is 6. The molecule has 8 heteroatoms. The second-order valence-electron chi connectivity index (χ2n) is 7.30. The summed E-state index contributed by atoms with van der Waals surface area (Å²) in [5.41, 5.74) is 2.23. The second-order valence-corrected chi connectivity index (χ2v) is 8.24. The number of fused-ring (bicyclic) bond motifs is 3. The third-order valence-corrected chi connectivity index (χ3v) is 5.75. The summed E-state index contributed by atoms with van der Waals surface area (Å²) in [5.74, 6) is 1.17. The van der Waals surface area contributed by atoms with Crippen LogP contribution in [-0.4, -0.2) is 46.6 Å². The zero-order valence-electron chi connectivity index (χ0n) is 17.0. The molecule has 30 heavy (non-hydrogen) atoms. The van der Waals surface area contributed by atoms with Gasteiger partial charge in [-0.25, -0.2) is 9.89 Å². The van der Waals surface area contributed by atoms with Gasteiger partial charge in [-0.1, -0.05) is 43.8 Å². The van der Waals surface area contributed by atoms with Crippen molar-refractivity contribution in [1.29, 1.82) is 0 Å². The number of anilines is 1. The van der Waals surface area contributed by atoms with E-state index in [4.69, 9.17) is 4.74 Å². The molecule has 0 saturated carbocycles. The van der Waals surface area contributed by atoms with Crippen LogP contribution in [-0.2, 0) is 9.59 Å². The number of amides is 2. The van der Waals surface area contributed by atoms with Gasteiger partial charge in [0.15, 0.2) is 5.17 Å². The number of para-hydroxylation sites is 1. The number of amidine groups is 2. The number of benzene rings is 2. The molecule has 0 unspecified atom stereocenters. The molecule has 154 valence electrons. The van der Waals surface area contributed by atoms with Gasteiger partial charge in [-0.15, -0.1) is 0 Å². The number of carbonyl (C=O) groups excluding carboxylic acids is 2. The van der Waals surface area contributed by atoms with Crippen LogP contribution in [0.15, 0.2) is 58.5 Å². The van der Waals surface area contributed by atoms with E-state index in [1.165, 1.54) is 11.8 Å². The molecule has 2 amide bonds. The minimum absolute atomic E-state index is 0.0744. The van der Waals surface area contributed by atoms with Crippen molar-refractivity contribution in [3.05, 3.63) is 54.1 Å². The highest BCUT2D eigenvalue weighted by molar-refractivity contribution is 8.14. The molecule has 1 atom stereocenters. The van der Waals surface area contributed by atoms with Gasteiger partial charge < -0.3 is 10.1 Å². The molecule has 0 radical (unpaired) electrons. The lowest BCUT2D eigenvalue weighted by Gasteiger charge is -2.25. The number of nitrogens with one attached hydrogen (secondary N) is 1. The van der Waals surface area contributed by atoms with Gasteiger partial charge >= 0.3 is 0 Å². The van der Waals surface area contributed by atoms with Gasteiger partial charge in [-0.2, -0.15) is 0 Å². The summed E-state index contributed by atoms with van der Waals surface area (Å²) in [5, 5.41) is 3.32. The Bertz CT molecular complexity index is 1060. The van der Waals surface area contributed by atoms with E-state index in [1.54, 1.807) is 30.2 Å². The lowest BCUT2D eigenvalue weighted by molar-refractivity contribution is -0.125. The van der Waals surface area contributed by atoms with Crippen LogP contribution in [0.25, 0.3) is 0 Å². The molecule has 0 aromatic heterocycles. The number of aliphatic imine (C=N–C) groups is 2. The highest BCUT2D eigenvalue weighted by Crippen LogP contribution is 2.34. The normalized spacial score (nSPS) is 17.3. The van der Waals surface area contributed by atoms with Gasteiger partial charge in [-0.3, -0.25) is 14.6 Å². The minimum atomic E-state index is -0.442. The number of thioether (sulfide) groups is 1. The van der Waals surface area contributed by atoms with Crippen LogP contribution in [0.5, 0.6) is 5.75 Å². The average Bonchev–Trinajstić information content (AvgIpc) is 3.10. The fourth-order valence-electron chi connectivity index (χ4n) is 3.33. The average molecular weight is 423 g/mol. The largest absolute Gasteiger partial charge is 0.497 e. The molecule has 0 bridgehead atoms. The predicted molar refractivity (Wildman–Crippen MR) is 120 cm³/mol. The van der Waals surface area contributed by atoms with Crippen LogP contribution in [0.1, 0.15) is 19.4 Å². The molecule has 7 nitrogen and oxygen atoms in total. The maximum absolute atomic E-state index is 13.0. The molecule has 2 heterocycles. The van der Waals surface area contributed by atoms with Crippen LogP contribution < -0.4 is 10.1 Å². The zero-order chi connectivity index (χ0) is 21.3. The standard InChI is InChI=1S/C22H22N4O3S/c1-13(2)19-21(28)26-20(25-19)16-9-4-5-10-17(16)24-22(26)30-12-18(27)23-14-7-6-8-15(11-14)29-3/h4-11,13,19H,12H2,1-3H3,(H,23,27)/t19-/m1/s1. The molecule has 2 aromatic carbocycles. The van der Waals surface area contributed by atoms with E-state index in [-0.39, 0.29) is 23.5 Å². The Hall–Kier alpha value is -3.13. The smallest absolute Gasteiger partial charge is 0.259 e. The molecule has 2 aliphatic heterocycles. The SMILES string of the molecule is COc1cccc(NC(=O)CSC2=Nc3ccccc3C3=N[C@H](C(C)C)C(=O)N23)c1. The summed E-state index contributed by atoms with van der Waals surface area (Å²) < 4.78 is 5.18. The number of ether oxygens (including phenoxy) is 1. The predicted octanol–water partition coefficient (Wildman–Crippen LogP) is 3.68. The third-order valence-electron chi connectivity index (χ3n) is 4.82. The van der Waals surface area contributed by atoms with Crippen molar-refractivity contribution in [3.63, 3.8) is 0 Å². The quantitative estimate of drug-likeness (QED) is 0.797. The number of rotatable bonds is 5. The van der Waals surface area contributed by atoms with Crippen molar-refractivity contribution in [1.82, 2.24) is 4.90 Å². The third kappa shape index (κ3) is 3.82. The Morgan fingerprint density at radius 3 is 2.80 bits per heavy atom. The Kier molecular flexibility index (Phi) is 5.59. The molecule has 2 aliphatic rings. The van der Waals surface area contributed by atoms with E-state index in [2.05, 4.69) is 15.3 Å². The molecule has 0 fully saturated rings. The van der Waals surface area contributed by atoms with Crippen molar-refractivity contribution in [3.8, 4) is 5.75 Å². The van der Waals surface area contributed by atoms with E-state index >= 15 is 0 Å². The Morgan fingerprint density at radius 2 is 2.03 bits per heavy atom. The van der Waals surface area contributed by atoms with Gasteiger partial charge in [0, 0.05) is 17.3 Å². The van der Waals surface area contributed by atoms with Crippen LogP contribution in [0.2, 0.25) is 0 Å². The summed E-state index contributed by atoms with van der Waals surface area (Å²) in [7, 11) is 1.58. The first-order valence-electron chi connectivity index (χ1n) is 9.64. The van der Waals surface area contributed by atoms with Gasteiger partial charge in [0.25, 0.3) is 5.91 Å². The molecular formula is C22H22N4O3S. The topological polar surface area (TPSA) is 83.4 Å². The van der Waals surface area contributed by atoms with Gasteiger partial charge in [-0.05, 0) is 30.2 Å². The fourth-order valence-corrected chi connectivity index (χ4v) is 4.13. The number of hydrogen-bond donors (Lipinski definition) is 1. The van der Waals surface area contributed by atoms with Crippen molar-refractivity contribution in [2.24, 2.45) is 15.9 Å². The Labute approximate surface area is 179 Å². The zero-order valence-corrected chi connectivity index (χ0v) is 17.8. The summed E-state index contributed by atoms with van der Waals surface area (Å²) in [6, 6.07) is 14.3. The molecule has 0 aliphatic carbocycles. The highest BCUT2D eigenvalue weighted by atomic mass is 32.2. The van der Waals surface area contributed by atoms with Crippen molar-refractivity contribution < 1.29 is 14.3 Å². The molecule has 0 spiro atoms. The van der Waals surface area contributed by atoms with Crippen LogP contribution in [0, 0.1) is 5.92 Å². The second kappa shape index (κ2) is 8.31. The summed E-state index contributed by atoms with van der Waals surface area (Å²) in [6.07, 6.45) is 0. The maximum Gasteiger partial charge on any atom is 0.259 e. The van der Waals surface area contributed by atoms with E-state index in [0.29, 0.717) is 22.4 Å². The first-order valence-corrected chi connectivity index (χ1v) is 10.6. The van der Waals surface area contributed by atoms with Gasteiger partial charge in [0.1, 0.15) is 17.6 Å². The van der Waals surface area contributed by atoms with Gasteiger partial charge in [0.05, 0.1) is 18.6 Å². The van der Waals surface area contributed by atoms with E-state index in [9.17, 15) is 9.59 Å². The van der Waals surface area contributed by atoms with Gasteiger partial charge in [0.2, 0.25) is 5.91 Å². The molecule has 1 N–H and O–H groups in total. The summed E-state index contributed by atoms with van der Waals surface area (Å²) >= 11 is 1.22. The summed E-state index contributed by atoms with van der Waals surface area (Å²) in [4.78, 5) is 36.4. The van der Waals surface area contributed by atoms with Crippen LogP contribution >= 0.6 is 11.8 Å². The summed E-state index contributed by atoms with van der Waals surface area (Å²) in [6.45, 7) is 3.95. The number of methoxy groups -OCH3 is 1. The Morgan fingerprint density at radius 1 is 1.23 bits per heavy atom. The van der Waals surface area contributed by atoms with Crippen molar-refractivity contribution in [2.75, 3.05) is 18.2 Å². The van der Waals surface area contributed by atoms with Crippen LogP contribution in [0.3, 0.4) is 0 Å². The molecule has 2 aromatic rings. The van der Waals surface area contributed by atoms with Crippen molar-refractivity contribution >= 4 is 46.0 Å². The molecule has 4 rings (SSSR count). The number of carbonyl (C=O) groups is 2. The first kappa shape index (κ1) is 20.2. The highest BCUT2D eigenvalue weighted by Gasteiger charge is 2.42. The number of nitrogens with zero attached hydrogens (tertiary/aromatic N) is 3. The van der Waals surface area contributed by atoms with Crippen molar-refractivity contribution in [2.45, 2.75) is 19.9 Å². The van der Waals surface area contributed by atoms with E-state index < -0.39 is 6.04 Å². The van der Waals surface area contributed by atoms with E-state index in [0.717, 1.165) is 11.3 Å². The fraction of sp³-hybridized carbons (Fsp3) is 0.273. The maximum atomic E-state index is 13.0. The lowest BCUT2D eigenvalue weighted by atomic mass is 10.1. The molecule has 0 saturated heterocycles. The van der Waals surface area contributed by atoms with Crippen LogP contribution in [0.4, 0.5) is 11.4 Å². The minimum Gasteiger partial charge on any atom is -0.497 e.